The third-order valence-corrected chi connectivity index (χ3v) is 21.6. The zero-order chi connectivity index (χ0) is 79.7. The summed E-state index contributed by atoms with van der Waals surface area (Å²) in [7, 11) is -8.69. The first-order valence-electron chi connectivity index (χ1n) is 34.4. The van der Waals surface area contributed by atoms with Gasteiger partial charge in [0.15, 0.2) is 0 Å². The number of nitrogens with one attached hydrogen (secondary N) is 1. The molecule has 1 aromatic carbocycles. The van der Waals surface area contributed by atoms with E-state index in [1.54, 1.807) is 28.3 Å². The van der Waals surface area contributed by atoms with Crippen LogP contribution in [0.15, 0.2) is 35.5 Å². The largest absolute Gasteiger partial charge is 0.494 e. The first kappa shape index (κ1) is 100. The standard InChI is InChI=1S/C19H31NO5.C14H25N7O2P.C11H19NO4.C8H15NO.C7H8O3S.CH5N.3CH3PS.F6P/c1-4-15(21)14-8-10-20(11-9-14)18(22)6-7-19(23)25-17-12-13(3)24-16(17)5-2;22-21(23)14-15-13-20(16-14)24(17-7-1-2-8-17,18-9-3-4-10-18)19-11-5-6-12-19;1-11(2,3)16-10(15)12-6-4-8(5-7-12)9(13)14;1-2-8(10)7-3-5-9-6-4-7;1-6-2-4-7(5-3-6)11(8,9)10;1-2;3*2-1-3;1-7(2,3,4,5)6/h13-14,16-17H,4-12H2,1-3H3;13H,1-12H2;8H,4-7H2,1-3H3,(H,13,14);7,9H,2-6H2,1H3;2-5H,1H3,(H,8,9,10);2H2,1H3;3*1H,2H2;/q;+1;;;;;;;;-1/p-1/t13-,16+,17?;;;;;;;;;/m0........./s1. The monoisotopic (exact) mass is 1660 g/mol. The molecule has 7 saturated heterocycles. The maximum atomic E-state index is 12.3. The number of aliphatic carboxylic acids is 1. The molecule has 1 aromatic heterocycles. The quantitative estimate of drug-likeness (QED) is 0.0267. The van der Waals surface area contributed by atoms with Crippen LogP contribution in [0.25, 0.3) is 0 Å². The van der Waals surface area contributed by atoms with E-state index in [9.17, 15) is 77.0 Å². The molecule has 0 spiro atoms. The van der Waals surface area contributed by atoms with Gasteiger partial charge in [-0.25, -0.2) is 13.2 Å². The zero-order valence-corrected chi connectivity index (χ0v) is 69.6. The number of esters is 1. The number of benzene rings is 1. The number of carbonyl (C=O) groups is 6. The molecule has 9 rings (SSSR count). The number of aromatic nitrogens is 3. The van der Waals surface area contributed by atoms with Gasteiger partial charge in [-0.2, -0.15) is 0 Å². The van der Waals surface area contributed by atoms with E-state index in [2.05, 4.69) is 99.5 Å². The summed E-state index contributed by atoms with van der Waals surface area (Å²) in [6.45, 7) is 25.6. The minimum atomic E-state index is -10.7. The number of nitrogens with zero attached hydrogens (tertiary/aromatic N) is 9. The predicted molar refractivity (Wildman–Crippen MR) is 416 cm³/mol. The van der Waals surface area contributed by atoms with Crippen molar-refractivity contribution in [2.45, 2.75) is 200 Å². The molecule has 0 aliphatic carbocycles. The number of likely N-dealkylation sites (tertiary alicyclic amines) is 2. The number of thiocarbonyl (C=S) groups is 3. The van der Waals surface area contributed by atoms with Crippen molar-refractivity contribution in [3.63, 3.8) is 0 Å². The number of rotatable bonds is 16. The number of aryl methyl sites for hydroxylation is 1. The summed E-state index contributed by atoms with van der Waals surface area (Å²) in [5.41, 5.74) is 4.93. The van der Waals surface area contributed by atoms with Gasteiger partial charge < -0.3 is 54.8 Å². The third-order valence-electron chi connectivity index (χ3n) is 16.5. The summed E-state index contributed by atoms with van der Waals surface area (Å²) >= 11 is 12.7. The fourth-order valence-electron chi connectivity index (χ4n) is 11.8. The normalized spacial score (nSPS) is 20.2. The van der Waals surface area contributed by atoms with Crippen LogP contribution in [0.2, 0.25) is 0 Å². The van der Waals surface area contributed by atoms with Gasteiger partial charge in [0.2, 0.25) is 5.91 Å². The minimum Gasteiger partial charge on any atom is -0.390 e. The van der Waals surface area contributed by atoms with Crippen LogP contribution < -0.4 is 11.1 Å². The number of carbonyl (C=O) groups excluding carboxylic acids is 5. The van der Waals surface area contributed by atoms with Crippen molar-refractivity contribution in [1.29, 1.82) is 0 Å². The SMILES string of the molecule is CC(C)(C)OC(=O)N1CCC(C(=O)O)CC1.CCC(=O)C1CCN(C(=O)CCC(=O)OC2C[C@H](C)O[C@@H]2CC)CC1.CCC(=O)C1CCNCC1.CN.Cc1ccc(S(=O)(=O)[O-])cc1.F[P-](F)(F)(F)(F)F.O=[N+]([O-])c1ncn([P+](N2CCCC2)(N2CCCC2)N2CCCC2)n1.PC=S.PC=S.PC=S. The summed E-state index contributed by atoms with van der Waals surface area (Å²) in [4.78, 5) is 87.4. The summed E-state index contributed by atoms with van der Waals surface area (Å²) in [5, 5.41) is 32.0. The Kier molecular flexibility index (Phi) is 47.9. The minimum absolute atomic E-state index is 0.0255. The summed E-state index contributed by atoms with van der Waals surface area (Å²) < 4.78 is 116. The summed E-state index contributed by atoms with van der Waals surface area (Å²) in [6.07, 6.45) is 16.0. The molecule has 7 aliphatic heterocycles. The molecular weight excluding hydrogens is 1550 g/mol. The number of amides is 2. The molecule has 4 unspecified atom stereocenters. The number of halogens is 6. The maximum Gasteiger partial charge on any atom is 0.494 e. The van der Waals surface area contributed by atoms with Crippen LogP contribution >= 0.6 is 80.0 Å². The van der Waals surface area contributed by atoms with E-state index >= 15 is 0 Å². The van der Waals surface area contributed by atoms with Crippen molar-refractivity contribution in [2.75, 3.05) is 85.6 Å². The van der Waals surface area contributed by atoms with E-state index in [1.807, 2.05) is 59.8 Å². The van der Waals surface area contributed by atoms with Crippen LogP contribution in [0.3, 0.4) is 0 Å². The molecule has 26 nitrogen and oxygen atoms in total. The summed E-state index contributed by atoms with van der Waals surface area (Å²) in [5.74, 6) is -0.538. The number of hydrogen-bond acceptors (Lipinski definition) is 24. The van der Waals surface area contributed by atoms with E-state index in [0.29, 0.717) is 63.6 Å². The van der Waals surface area contributed by atoms with E-state index < -0.39 is 42.3 Å². The molecule has 6 atom stereocenters. The van der Waals surface area contributed by atoms with Gasteiger partial charge in [0.25, 0.3) is 6.33 Å². The first-order chi connectivity index (χ1) is 48.5. The number of ketones is 2. The molecular formula is C63H111F6N11O15P5S4-. The number of hydrogen-bond donors (Lipinski definition) is 3. The van der Waals surface area contributed by atoms with Gasteiger partial charge in [-0.15, -0.1) is 41.7 Å². The number of carboxylic acid groups (broad SMARTS) is 1. The number of nitro groups is 1. The molecule has 104 heavy (non-hydrogen) atoms. The maximum absolute atomic E-state index is 12.3. The van der Waals surface area contributed by atoms with Crippen LogP contribution in [0.4, 0.5) is 35.9 Å². The number of piperidine rings is 3. The molecule has 0 saturated carbocycles. The van der Waals surface area contributed by atoms with E-state index in [-0.39, 0.29) is 77.6 Å². The van der Waals surface area contributed by atoms with Gasteiger partial charge in [-0.3, -0.25) is 24.0 Å². The molecule has 7 fully saturated rings. The van der Waals surface area contributed by atoms with Gasteiger partial charge in [0, 0.05) is 107 Å². The van der Waals surface area contributed by atoms with Gasteiger partial charge >= 0.3 is 64.8 Å². The topological polar surface area (TPSA) is 336 Å². The first-order valence-corrected chi connectivity index (χ1v) is 42.9. The molecule has 2 amide bonds. The van der Waals surface area contributed by atoms with Crippen LogP contribution in [-0.4, -0.2) is 222 Å². The Morgan fingerprint density at radius 2 is 1.12 bits per heavy atom. The van der Waals surface area contributed by atoms with Gasteiger partial charge in [-0.05, 0) is 176 Å². The van der Waals surface area contributed by atoms with Crippen molar-refractivity contribution in [1.82, 2.24) is 43.7 Å². The van der Waals surface area contributed by atoms with Crippen LogP contribution in [0, 0.1) is 34.8 Å². The Bertz CT molecular complexity index is 2990. The van der Waals surface area contributed by atoms with Crippen molar-refractivity contribution in [3.05, 3.63) is 46.3 Å². The average Bonchev–Trinajstić information content (AvgIpc) is 1.54. The predicted octanol–water partition coefficient (Wildman–Crippen LogP) is 13.5. The van der Waals surface area contributed by atoms with E-state index in [4.69, 9.17) is 19.3 Å². The molecule has 0 bridgehead atoms. The van der Waals surface area contributed by atoms with Crippen molar-refractivity contribution in [2.24, 2.45) is 23.5 Å². The van der Waals surface area contributed by atoms with E-state index in [0.717, 1.165) is 96.4 Å². The Hall–Kier alpha value is -3.55. The van der Waals surface area contributed by atoms with Crippen molar-refractivity contribution < 1.29 is 91.2 Å². The Labute approximate surface area is 633 Å². The molecule has 600 valence electrons. The number of ether oxygens (including phenoxy) is 3. The number of carboxylic acids is 1. The molecule has 8 heterocycles. The van der Waals surface area contributed by atoms with Gasteiger partial charge in [0.1, 0.15) is 33.4 Å². The second-order valence-electron chi connectivity index (χ2n) is 25.4. The van der Waals surface area contributed by atoms with Crippen LogP contribution in [0.1, 0.15) is 170 Å². The molecule has 2 aromatic rings. The zero-order valence-electron chi connectivity index (χ0n) is 61.1. The summed E-state index contributed by atoms with van der Waals surface area (Å²) in [6, 6.07) is 5.78. The molecule has 0 radical (unpaired) electrons. The number of nitrogens with two attached hydrogens (primary N) is 1. The number of Topliss-reactive ketones (excluding diaryl/α,β-unsaturated/α-hetero) is 2. The van der Waals surface area contributed by atoms with Crippen molar-refractivity contribution >= 4 is 147 Å². The smallest absolute Gasteiger partial charge is 0.390 e. The fourth-order valence-corrected chi connectivity index (χ4v) is 17.0. The average molecular weight is 1660 g/mol. The Morgan fingerprint density at radius 3 is 1.48 bits per heavy atom. The Morgan fingerprint density at radius 1 is 0.731 bits per heavy atom. The Balaban J connectivity index is 0.00000124. The van der Waals surface area contributed by atoms with Gasteiger partial charge in [0.05, 0.1) is 34.5 Å². The molecule has 7 aliphatic rings. The fraction of sp³-hybridized carbons (Fsp3) is 0.730. The third kappa shape index (κ3) is 41.3. The van der Waals surface area contributed by atoms with Crippen LogP contribution in [0.5, 0.6) is 0 Å². The van der Waals surface area contributed by atoms with E-state index in [1.165, 1.54) is 73.0 Å². The second-order valence-corrected chi connectivity index (χ2v) is 35.2. The second kappa shape index (κ2) is 49.6. The molecule has 4 N–H and O–H groups in total. The van der Waals surface area contributed by atoms with Gasteiger partial charge in [-0.1, -0.05) is 75.1 Å². The van der Waals surface area contributed by atoms with Crippen LogP contribution in [-0.2, 0) is 48.3 Å². The van der Waals surface area contributed by atoms with Crippen molar-refractivity contribution in [3.8, 4) is 0 Å². The molecule has 41 heteroatoms.